The van der Waals surface area contributed by atoms with E-state index in [9.17, 15) is 0 Å². The lowest BCUT2D eigenvalue weighted by Crippen LogP contribution is -2.02. The maximum atomic E-state index is 8.99. The second kappa shape index (κ2) is 5.59. The van der Waals surface area contributed by atoms with Gasteiger partial charge >= 0.3 is 0 Å². The number of hydrogen-bond acceptors (Lipinski definition) is 2. The number of nitrogens with zero attached hydrogens (tertiary/aromatic N) is 3. The van der Waals surface area contributed by atoms with E-state index in [1.54, 1.807) is 0 Å². The zero-order chi connectivity index (χ0) is 14.8. The first-order valence-electron chi connectivity index (χ1n) is 6.85. The first-order chi connectivity index (χ1) is 10.2. The number of aromatic nitrogens is 2. The van der Waals surface area contributed by atoms with Crippen molar-refractivity contribution in [3.8, 4) is 6.07 Å². The van der Waals surface area contributed by atoms with Gasteiger partial charge in [-0.15, -0.1) is 0 Å². The summed E-state index contributed by atoms with van der Waals surface area (Å²) in [5.74, 6) is 1.00. The summed E-state index contributed by atoms with van der Waals surface area (Å²) in [7, 11) is 0. The van der Waals surface area contributed by atoms with E-state index in [0.29, 0.717) is 5.56 Å². The van der Waals surface area contributed by atoms with E-state index in [1.807, 2.05) is 42.5 Å². The molecule has 0 aliphatic heterocycles. The number of benzene rings is 2. The average Bonchev–Trinajstić information content (AvgIpc) is 2.85. The van der Waals surface area contributed by atoms with Crippen LogP contribution in [0, 0.1) is 11.3 Å². The van der Waals surface area contributed by atoms with Gasteiger partial charge in [0.05, 0.1) is 22.7 Å². The predicted molar refractivity (Wildman–Crippen MR) is 84.4 cm³/mol. The van der Waals surface area contributed by atoms with Gasteiger partial charge in [-0.3, -0.25) is 0 Å². The van der Waals surface area contributed by atoms with Crippen LogP contribution in [-0.2, 0) is 13.0 Å². The standard InChI is InChI=1S/C17H14ClN3/c1-2-21-16-8-5-13(11-19)9-15(16)20-17(21)10-12-3-6-14(18)7-4-12/h3-9H,2,10H2,1H3. The lowest BCUT2D eigenvalue weighted by molar-refractivity contribution is 0.733. The normalized spacial score (nSPS) is 10.7. The van der Waals surface area contributed by atoms with Crippen molar-refractivity contribution in [3.05, 3.63) is 64.4 Å². The minimum Gasteiger partial charge on any atom is -0.328 e. The third-order valence-corrected chi connectivity index (χ3v) is 3.80. The highest BCUT2D eigenvalue weighted by Gasteiger charge is 2.10. The molecule has 0 radical (unpaired) electrons. The molecule has 0 atom stereocenters. The molecule has 3 nitrogen and oxygen atoms in total. The Morgan fingerprint density at radius 2 is 1.95 bits per heavy atom. The number of fused-ring (bicyclic) bond motifs is 1. The molecule has 0 amide bonds. The number of imidazole rings is 1. The van der Waals surface area contributed by atoms with Crippen molar-refractivity contribution in [2.45, 2.75) is 19.9 Å². The Hall–Kier alpha value is -2.31. The minimum absolute atomic E-state index is 0.640. The van der Waals surface area contributed by atoms with Crippen LogP contribution in [0.4, 0.5) is 0 Å². The van der Waals surface area contributed by atoms with E-state index in [1.165, 1.54) is 5.56 Å². The molecule has 0 aliphatic rings. The smallest absolute Gasteiger partial charge is 0.114 e. The van der Waals surface area contributed by atoms with Crippen LogP contribution in [0.25, 0.3) is 11.0 Å². The van der Waals surface area contributed by atoms with Crippen LogP contribution in [0.3, 0.4) is 0 Å². The van der Waals surface area contributed by atoms with Crippen LogP contribution >= 0.6 is 11.6 Å². The minimum atomic E-state index is 0.640. The number of nitriles is 1. The summed E-state index contributed by atoms with van der Waals surface area (Å²) < 4.78 is 2.19. The fraction of sp³-hybridized carbons (Fsp3) is 0.176. The van der Waals surface area contributed by atoms with Gasteiger partial charge in [-0.2, -0.15) is 5.26 Å². The van der Waals surface area contributed by atoms with Gasteiger partial charge in [0.15, 0.2) is 0 Å². The van der Waals surface area contributed by atoms with Gasteiger partial charge in [-0.25, -0.2) is 4.98 Å². The van der Waals surface area contributed by atoms with Crippen molar-refractivity contribution in [3.63, 3.8) is 0 Å². The molecule has 0 unspecified atom stereocenters. The van der Waals surface area contributed by atoms with E-state index in [4.69, 9.17) is 16.9 Å². The molecule has 0 fully saturated rings. The third kappa shape index (κ3) is 2.63. The molecule has 0 spiro atoms. The Balaban J connectivity index is 2.05. The zero-order valence-electron chi connectivity index (χ0n) is 11.7. The molecule has 0 N–H and O–H groups in total. The molecule has 4 heteroatoms. The second-order valence-electron chi connectivity index (χ2n) is 4.89. The molecule has 0 saturated heterocycles. The van der Waals surface area contributed by atoms with Gasteiger partial charge in [0, 0.05) is 18.0 Å². The van der Waals surface area contributed by atoms with Gasteiger partial charge < -0.3 is 4.57 Å². The van der Waals surface area contributed by atoms with Crippen LogP contribution in [0.1, 0.15) is 23.9 Å². The summed E-state index contributed by atoms with van der Waals surface area (Å²) in [5, 5.41) is 9.73. The van der Waals surface area contributed by atoms with Crippen molar-refractivity contribution in [2.24, 2.45) is 0 Å². The van der Waals surface area contributed by atoms with Crippen molar-refractivity contribution in [2.75, 3.05) is 0 Å². The van der Waals surface area contributed by atoms with E-state index in [-0.39, 0.29) is 0 Å². The molecule has 104 valence electrons. The average molecular weight is 296 g/mol. The fourth-order valence-electron chi connectivity index (χ4n) is 2.52. The Morgan fingerprint density at radius 1 is 1.19 bits per heavy atom. The van der Waals surface area contributed by atoms with Gasteiger partial charge in [0.25, 0.3) is 0 Å². The molecule has 0 saturated carbocycles. The summed E-state index contributed by atoms with van der Waals surface area (Å²) in [5.41, 5.74) is 3.76. The Bertz CT molecular complexity index is 826. The van der Waals surface area contributed by atoms with Crippen molar-refractivity contribution < 1.29 is 0 Å². The highest BCUT2D eigenvalue weighted by Crippen LogP contribution is 2.20. The molecule has 1 heterocycles. The van der Waals surface area contributed by atoms with Crippen molar-refractivity contribution in [1.82, 2.24) is 9.55 Å². The molecular weight excluding hydrogens is 282 g/mol. The summed E-state index contributed by atoms with van der Waals surface area (Å²) >= 11 is 5.92. The molecule has 0 aliphatic carbocycles. The topological polar surface area (TPSA) is 41.6 Å². The molecule has 2 aromatic carbocycles. The molecule has 3 rings (SSSR count). The molecule has 1 aromatic heterocycles. The molecule has 3 aromatic rings. The second-order valence-corrected chi connectivity index (χ2v) is 5.33. The fourth-order valence-corrected chi connectivity index (χ4v) is 2.65. The first kappa shape index (κ1) is 13.7. The van der Waals surface area contributed by atoms with Gasteiger partial charge in [0.2, 0.25) is 0 Å². The number of hydrogen-bond donors (Lipinski definition) is 0. The highest BCUT2D eigenvalue weighted by atomic mass is 35.5. The summed E-state index contributed by atoms with van der Waals surface area (Å²) in [6.07, 6.45) is 0.752. The summed E-state index contributed by atoms with van der Waals surface area (Å²) in [4.78, 5) is 4.69. The number of aryl methyl sites for hydroxylation is 1. The van der Waals surface area contributed by atoms with Crippen LogP contribution < -0.4 is 0 Å². The van der Waals surface area contributed by atoms with Crippen LogP contribution in [0.2, 0.25) is 5.02 Å². The maximum absolute atomic E-state index is 8.99. The maximum Gasteiger partial charge on any atom is 0.114 e. The SMILES string of the molecule is CCn1c(Cc2ccc(Cl)cc2)nc2cc(C#N)ccc21. The van der Waals surface area contributed by atoms with E-state index in [0.717, 1.165) is 34.8 Å². The summed E-state index contributed by atoms with van der Waals surface area (Å²) in [6.45, 7) is 2.95. The van der Waals surface area contributed by atoms with Gasteiger partial charge in [-0.05, 0) is 42.8 Å². The number of rotatable bonds is 3. The molecule has 0 bridgehead atoms. The Morgan fingerprint density at radius 3 is 2.62 bits per heavy atom. The predicted octanol–water partition coefficient (Wildman–Crippen LogP) is 4.17. The van der Waals surface area contributed by atoms with E-state index >= 15 is 0 Å². The van der Waals surface area contributed by atoms with E-state index < -0.39 is 0 Å². The van der Waals surface area contributed by atoms with Crippen LogP contribution in [-0.4, -0.2) is 9.55 Å². The largest absolute Gasteiger partial charge is 0.328 e. The van der Waals surface area contributed by atoms with Crippen molar-refractivity contribution in [1.29, 1.82) is 5.26 Å². The van der Waals surface area contributed by atoms with Crippen molar-refractivity contribution >= 4 is 22.6 Å². The lowest BCUT2D eigenvalue weighted by atomic mass is 10.1. The monoisotopic (exact) mass is 295 g/mol. The Kier molecular flexibility index (Phi) is 3.64. The van der Waals surface area contributed by atoms with Gasteiger partial charge in [-0.1, -0.05) is 23.7 Å². The first-order valence-corrected chi connectivity index (χ1v) is 7.22. The molecular formula is C17H14ClN3. The quantitative estimate of drug-likeness (QED) is 0.727. The Labute approximate surface area is 128 Å². The van der Waals surface area contributed by atoms with Crippen LogP contribution in [0.15, 0.2) is 42.5 Å². The highest BCUT2D eigenvalue weighted by molar-refractivity contribution is 6.30. The van der Waals surface area contributed by atoms with Gasteiger partial charge in [0.1, 0.15) is 5.82 Å². The third-order valence-electron chi connectivity index (χ3n) is 3.55. The number of halogens is 1. The lowest BCUT2D eigenvalue weighted by Gasteiger charge is -2.06. The summed E-state index contributed by atoms with van der Waals surface area (Å²) in [6, 6.07) is 15.6. The molecule has 21 heavy (non-hydrogen) atoms. The zero-order valence-corrected chi connectivity index (χ0v) is 12.4. The van der Waals surface area contributed by atoms with Crippen LogP contribution in [0.5, 0.6) is 0 Å². The van der Waals surface area contributed by atoms with E-state index in [2.05, 4.69) is 22.5 Å².